The summed E-state index contributed by atoms with van der Waals surface area (Å²) < 4.78 is 39.9. The normalized spacial score (nSPS) is 10.9. The molecule has 0 unspecified atom stereocenters. The van der Waals surface area contributed by atoms with Crippen molar-refractivity contribution in [3.63, 3.8) is 0 Å². The molecule has 0 saturated carbocycles. The van der Waals surface area contributed by atoms with Gasteiger partial charge in [-0.15, -0.1) is 0 Å². The van der Waals surface area contributed by atoms with Crippen LogP contribution in [0, 0.1) is 11.6 Å². The smallest absolute Gasteiger partial charge is 0.127 e. The predicted molar refractivity (Wildman–Crippen MR) is 65.1 cm³/mol. The third-order valence-electron chi connectivity index (χ3n) is 2.65. The van der Waals surface area contributed by atoms with E-state index in [-0.39, 0.29) is 18.7 Å². The minimum atomic E-state index is -0.469. The van der Waals surface area contributed by atoms with Crippen LogP contribution < -0.4 is 5.32 Å². The summed E-state index contributed by atoms with van der Waals surface area (Å²) in [5.41, 5.74) is 1.14. The van der Waals surface area contributed by atoms with Crippen LogP contribution in [0.3, 0.4) is 0 Å². The number of alkyl halides is 1. The molecule has 6 heteroatoms. The number of aryl methyl sites for hydroxylation is 1. The summed E-state index contributed by atoms with van der Waals surface area (Å²) in [4.78, 5) is 0. The quantitative estimate of drug-likeness (QED) is 0.872. The Morgan fingerprint density at radius 3 is 2.84 bits per heavy atom. The Labute approximate surface area is 109 Å². The Hall–Kier alpha value is -1.82. The van der Waals surface area contributed by atoms with Gasteiger partial charge < -0.3 is 5.32 Å². The number of hydrogen-bond donors (Lipinski definition) is 1. The van der Waals surface area contributed by atoms with Crippen LogP contribution in [0.1, 0.15) is 11.1 Å². The highest BCUT2D eigenvalue weighted by Gasteiger charge is 2.04. The van der Waals surface area contributed by atoms with E-state index in [9.17, 15) is 13.2 Å². The van der Waals surface area contributed by atoms with Crippen LogP contribution in [-0.4, -0.2) is 16.5 Å². The maximum absolute atomic E-state index is 13.3. The average molecular weight is 269 g/mol. The van der Waals surface area contributed by atoms with Gasteiger partial charge in [-0.2, -0.15) is 5.10 Å². The molecule has 0 amide bonds. The minimum Gasteiger partial charge on any atom is -0.308 e. The second-order valence-electron chi connectivity index (χ2n) is 4.14. The zero-order chi connectivity index (χ0) is 13.7. The molecule has 1 aromatic heterocycles. The molecule has 0 aliphatic rings. The monoisotopic (exact) mass is 269 g/mol. The Morgan fingerprint density at radius 2 is 2.05 bits per heavy atom. The van der Waals surface area contributed by atoms with E-state index in [4.69, 9.17) is 0 Å². The van der Waals surface area contributed by atoms with Crippen molar-refractivity contribution in [2.45, 2.75) is 19.6 Å². The fourth-order valence-corrected chi connectivity index (χ4v) is 1.73. The Kier molecular flexibility index (Phi) is 4.57. The van der Waals surface area contributed by atoms with Crippen molar-refractivity contribution in [3.8, 4) is 0 Å². The SMILES string of the molecule is FCCn1cc(CNCc2cc(F)ccc2F)cn1. The molecule has 19 heavy (non-hydrogen) atoms. The van der Waals surface area contributed by atoms with Gasteiger partial charge in [0.05, 0.1) is 12.7 Å². The molecule has 1 heterocycles. The van der Waals surface area contributed by atoms with E-state index in [1.165, 1.54) is 4.68 Å². The summed E-state index contributed by atoms with van der Waals surface area (Å²) in [5, 5.41) is 6.95. The van der Waals surface area contributed by atoms with Gasteiger partial charge in [0.15, 0.2) is 0 Å². The fraction of sp³-hybridized carbons (Fsp3) is 0.308. The van der Waals surface area contributed by atoms with Crippen molar-refractivity contribution < 1.29 is 13.2 Å². The molecule has 2 rings (SSSR count). The summed E-state index contributed by atoms with van der Waals surface area (Å²) in [5.74, 6) is -0.906. The number of benzene rings is 1. The molecule has 1 N–H and O–H groups in total. The Morgan fingerprint density at radius 1 is 1.21 bits per heavy atom. The van der Waals surface area contributed by atoms with Crippen LogP contribution in [0.25, 0.3) is 0 Å². The molecule has 0 bridgehead atoms. The van der Waals surface area contributed by atoms with Gasteiger partial charge in [0, 0.05) is 30.4 Å². The molecular weight excluding hydrogens is 255 g/mol. The molecule has 0 fully saturated rings. The summed E-state index contributed by atoms with van der Waals surface area (Å²) in [6.45, 7) is 0.432. The van der Waals surface area contributed by atoms with Crippen molar-refractivity contribution in [1.82, 2.24) is 15.1 Å². The standard InChI is InChI=1S/C13H14F3N3/c14-3-4-19-9-10(7-18-19)6-17-8-11-5-12(15)1-2-13(11)16/h1-2,5,7,9,17H,3-4,6,8H2. The molecule has 0 atom stereocenters. The average Bonchev–Trinajstić information content (AvgIpc) is 2.82. The van der Waals surface area contributed by atoms with Gasteiger partial charge >= 0.3 is 0 Å². The van der Waals surface area contributed by atoms with Gasteiger partial charge in [-0.05, 0) is 18.2 Å². The van der Waals surface area contributed by atoms with Crippen molar-refractivity contribution in [2.24, 2.45) is 0 Å². The number of rotatable bonds is 6. The first-order chi connectivity index (χ1) is 9.19. The molecule has 102 valence electrons. The van der Waals surface area contributed by atoms with Crippen molar-refractivity contribution in [3.05, 3.63) is 53.4 Å². The second kappa shape index (κ2) is 6.38. The van der Waals surface area contributed by atoms with Crippen LogP contribution in [0.4, 0.5) is 13.2 Å². The van der Waals surface area contributed by atoms with Crippen LogP contribution >= 0.6 is 0 Å². The lowest BCUT2D eigenvalue weighted by Crippen LogP contribution is -2.13. The zero-order valence-electron chi connectivity index (χ0n) is 10.2. The van der Waals surface area contributed by atoms with E-state index < -0.39 is 18.3 Å². The van der Waals surface area contributed by atoms with Gasteiger partial charge in [0.1, 0.15) is 18.3 Å². The number of aromatic nitrogens is 2. The number of nitrogens with zero attached hydrogens (tertiary/aromatic N) is 2. The lowest BCUT2D eigenvalue weighted by atomic mass is 10.2. The molecular formula is C13H14F3N3. The molecule has 0 aliphatic heterocycles. The molecule has 0 aliphatic carbocycles. The molecule has 0 spiro atoms. The van der Waals surface area contributed by atoms with Crippen molar-refractivity contribution >= 4 is 0 Å². The third kappa shape index (κ3) is 3.82. The van der Waals surface area contributed by atoms with E-state index in [0.717, 1.165) is 23.8 Å². The second-order valence-corrected chi connectivity index (χ2v) is 4.14. The number of hydrogen-bond acceptors (Lipinski definition) is 2. The maximum atomic E-state index is 13.3. The Bertz CT molecular complexity index is 540. The highest BCUT2D eigenvalue weighted by Crippen LogP contribution is 2.09. The minimum absolute atomic E-state index is 0.220. The van der Waals surface area contributed by atoms with Crippen LogP contribution in [0.15, 0.2) is 30.6 Å². The van der Waals surface area contributed by atoms with Gasteiger partial charge in [-0.3, -0.25) is 4.68 Å². The predicted octanol–water partition coefficient (Wildman–Crippen LogP) is 2.42. The van der Waals surface area contributed by atoms with Crippen LogP contribution in [0.5, 0.6) is 0 Å². The molecule has 2 aromatic rings. The lowest BCUT2D eigenvalue weighted by Gasteiger charge is -2.05. The van der Waals surface area contributed by atoms with E-state index >= 15 is 0 Å². The molecule has 0 saturated heterocycles. The van der Waals surface area contributed by atoms with E-state index in [1.54, 1.807) is 12.4 Å². The van der Waals surface area contributed by atoms with Crippen LogP contribution in [-0.2, 0) is 19.6 Å². The fourth-order valence-electron chi connectivity index (χ4n) is 1.73. The van der Waals surface area contributed by atoms with Gasteiger partial charge in [0.25, 0.3) is 0 Å². The molecule has 0 radical (unpaired) electrons. The highest BCUT2D eigenvalue weighted by atomic mass is 19.1. The number of halogens is 3. The largest absolute Gasteiger partial charge is 0.308 e. The first-order valence-electron chi connectivity index (χ1n) is 5.91. The van der Waals surface area contributed by atoms with Gasteiger partial charge in [0.2, 0.25) is 0 Å². The highest BCUT2D eigenvalue weighted by molar-refractivity contribution is 5.18. The van der Waals surface area contributed by atoms with E-state index in [0.29, 0.717) is 6.54 Å². The summed E-state index contributed by atoms with van der Waals surface area (Å²) in [7, 11) is 0. The third-order valence-corrected chi connectivity index (χ3v) is 2.65. The Balaban J connectivity index is 1.87. The van der Waals surface area contributed by atoms with Gasteiger partial charge in [-0.25, -0.2) is 13.2 Å². The topological polar surface area (TPSA) is 29.9 Å². The van der Waals surface area contributed by atoms with E-state index in [1.807, 2.05) is 0 Å². The first kappa shape index (κ1) is 13.6. The molecule has 3 nitrogen and oxygen atoms in total. The van der Waals surface area contributed by atoms with Crippen LogP contribution in [0.2, 0.25) is 0 Å². The summed E-state index contributed by atoms with van der Waals surface area (Å²) >= 11 is 0. The number of nitrogens with one attached hydrogen (secondary N) is 1. The van der Waals surface area contributed by atoms with Crippen molar-refractivity contribution in [1.29, 1.82) is 0 Å². The van der Waals surface area contributed by atoms with Gasteiger partial charge in [-0.1, -0.05) is 0 Å². The van der Waals surface area contributed by atoms with Crippen molar-refractivity contribution in [2.75, 3.05) is 6.67 Å². The maximum Gasteiger partial charge on any atom is 0.127 e. The first-order valence-corrected chi connectivity index (χ1v) is 5.91. The molecule has 1 aromatic carbocycles. The summed E-state index contributed by atoms with van der Waals surface area (Å²) in [6, 6.07) is 3.35. The lowest BCUT2D eigenvalue weighted by molar-refractivity contribution is 0.427. The zero-order valence-corrected chi connectivity index (χ0v) is 10.2. The van der Waals surface area contributed by atoms with E-state index in [2.05, 4.69) is 10.4 Å². The summed E-state index contributed by atoms with van der Waals surface area (Å²) in [6.07, 6.45) is 3.33.